The minimum absolute atomic E-state index is 0. The fourth-order valence-electron chi connectivity index (χ4n) is 4.29. The number of aryl methyl sites for hydroxylation is 2. The molecule has 1 N–H and O–H groups in total. The summed E-state index contributed by atoms with van der Waals surface area (Å²) < 4.78 is 7.60. The van der Waals surface area contributed by atoms with Crippen molar-refractivity contribution < 1.29 is 21.7 Å². The summed E-state index contributed by atoms with van der Waals surface area (Å²) in [5.74, 6) is 2.51. The molecule has 0 saturated carbocycles. The van der Waals surface area contributed by atoms with Crippen LogP contribution < -0.4 is 22.5 Å². The van der Waals surface area contributed by atoms with Crippen molar-refractivity contribution in [1.82, 2.24) is 0 Å². The molecule has 40 heavy (non-hydrogen) atoms. The van der Waals surface area contributed by atoms with Crippen molar-refractivity contribution in [2.45, 2.75) is 13.8 Å². The quantitative estimate of drug-likeness (QED) is 0.179. The van der Waals surface area contributed by atoms with E-state index in [1.807, 2.05) is 48.5 Å². The molecule has 5 heteroatoms. The van der Waals surface area contributed by atoms with Crippen LogP contribution in [-0.2, 0) is 0 Å². The van der Waals surface area contributed by atoms with Crippen LogP contribution in [-0.4, -0.2) is 23.4 Å². The van der Waals surface area contributed by atoms with Gasteiger partial charge in [-0.25, -0.2) is 0 Å². The molecular weight excluding hydrogens is 514 g/mol. The van der Waals surface area contributed by atoms with E-state index in [1.54, 1.807) is 7.11 Å². The van der Waals surface area contributed by atoms with Crippen LogP contribution >= 0.6 is 0 Å². The minimum atomic E-state index is 0. The second kappa shape index (κ2) is 13.4. The summed E-state index contributed by atoms with van der Waals surface area (Å²) in [4.78, 5) is 5.25. The van der Waals surface area contributed by atoms with Gasteiger partial charge in [0.15, 0.2) is 0 Å². The molecule has 0 saturated heterocycles. The normalized spacial score (nSPS) is 11.7. The molecule has 0 aliphatic carbocycles. The molecule has 0 amide bonds. The van der Waals surface area contributed by atoms with Crippen LogP contribution in [0.5, 0.6) is 5.75 Å². The first-order chi connectivity index (χ1) is 19.1. The first-order valence-electron chi connectivity index (χ1n) is 13.0. The molecule has 0 unspecified atom stereocenters. The predicted octanol–water partition coefficient (Wildman–Crippen LogP) is 5.30. The SMILES string of the molecule is COc1ccc(NC(c2ccccc2)=[N+](C(=Nc2ccc(C)cc2)c2ccccc2)c2ccc(C)cc2)cc1.[Cl-]. The number of hydrogen-bond donors (Lipinski definition) is 1. The highest BCUT2D eigenvalue weighted by Gasteiger charge is 2.25. The maximum absolute atomic E-state index is 5.39. The van der Waals surface area contributed by atoms with E-state index in [9.17, 15) is 0 Å². The van der Waals surface area contributed by atoms with Gasteiger partial charge in [0, 0.05) is 5.56 Å². The Labute approximate surface area is 242 Å². The number of nitrogens with one attached hydrogen (secondary N) is 1. The van der Waals surface area contributed by atoms with Gasteiger partial charge in [0.1, 0.15) is 17.1 Å². The maximum atomic E-state index is 5.39. The van der Waals surface area contributed by atoms with Gasteiger partial charge in [-0.1, -0.05) is 71.8 Å². The van der Waals surface area contributed by atoms with Crippen LogP contribution in [0.2, 0.25) is 0 Å². The van der Waals surface area contributed by atoms with Gasteiger partial charge in [-0.2, -0.15) is 4.58 Å². The van der Waals surface area contributed by atoms with Crippen molar-refractivity contribution in [3.63, 3.8) is 0 Å². The third-order valence-corrected chi connectivity index (χ3v) is 6.43. The lowest BCUT2D eigenvalue weighted by Gasteiger charge is -2.17. The Morgan fingerprint density at radius 1 is 0.625 bits per heavy atom. The van der Waals surface area contributed by atoms with E-state index in [0.29, 0.717) is 0 Å². The molecule has 0 heterocycles. The molecule has 0 aliphatic heterocycles. The molecule has 0 aliphatic rings. The number of aliphatic imine (C=N–C) groups is 1. The zero-order valence-corrected chi connectivity index (χ0v) is 23.6. The molecule has 5 rings (SSSR count). The highest BCUT2D eigenvalue weighted by atomic mass is 35.5. The summed E-state index contributed by atoms with van der Waals surface area (Å²) in [6, 6.07) is 45.5. The van der Waals surface area contributed by atoms with E-state index >= 15 is 0 Å². The molecule has 0 atom stereocenters. The fraction of sp³-hybridized carbons (Fsp3) is 0.0857. The van der Waals surface area contributed by atoms with Crippen LogP contribution in [0.25, 0.3) is 0 Å². The van der Waals surface area contributed by atoms with Crippen molar-refractivity contribution in [2.75, 3.05) is 12.4 Å². The average Bonchev–Trinajstić information content (AvgIpc) is 2.99. The Hall–Kier alpha value is -4.67. The van der Waals surface area contributed by atoms with E-state index in [1.165, 1.54) is 11.1 Å². The first kappa shape index (κ1) is 28.3. The van der Waals surface area contributed by atoms with Crippen LogP contribution in [0.1, 0.15) is 22.3 Å². The van der Waals surface area contributed by atoms with E-state index in [2.05, 4.69) is 109 Å². The number of benzene rings is 5. The lowest BCUT2D eigenvalue weighted by molar-refractivity contribution is -0.304. The van der Waals surface area contributed by atoms with Gasteiger partial charge in [0.2, 0.25) is 5.84 Å². The Bertz CT molecular complexity index is 1580. The summed E-state index contributed by atoms with van der Waals surface area (Å²) in [5, 5.41) is 3.71. The third-order valence-electron chi connectivity index (χ3n) is 6.43. The van der Waals surface area contributed by atoms with Crippen LogP contribution in [0.4, 0.5) is 17.1 Å². The summed E-state index contributed by atoms with van der Waals surface area (Å²) >= 11 is 0. The number of amidine groups is 2. The molecule has 5 aromatic rings. The van der Waals surface area contributed by atoms with Crippen molar-refractivity contribution in [3.05, 3.63) is 156 Å². The average molecular weight is 546 g/mol. The van der Waals surface area contributed by atoms with Gasteiger partial charge in [0.05, 0.1) is 18.4 Å². The highest BCUT2D eigenvalue weighted by molar-refractivity contribution is 6.10. The summed E-state index contributed by atoms with van der Waals surface area (Å²) in [5.41, 5.74) is 7.24. The van der Waals surface area contributed by atoms with Crippen molar-refractivity contribution >= 4 is 28.7 Å². The Kier molecular flexibility index (Phi) is 9.50. The number of nitrogens with zero attached hydrogens (tertiary/aromatic N) is 2. The Morgan fingerprint density at radius 3 is 1.70 bits per heavy atom. The van der Waals surface area contributed by atoms with Crippen molar-refractivity contribution in [3.8, 4) is 5.75 Å². The van der Waals surface area contributed by atoms with Crippen LogP contribution in [0, 0.1) is 13.8 Å². The van der Waals surface area contributed by atoms with Gasteiger partial charge < -0.3 is 17.1 Å². The zero-order valence-electron chi connectivity index (χ0n) is 22.9. The molecule has 0 spiro atoms. The van der Waals surface area contributed by atoms with E-state index in [-0.39, 0.29) is 12.4 Å². The van der Waals surface area contributed by atoms with Crippen molar-refractivity contribution in [1.29, 1.82) is 0 Å². The topological polar surface area (TPSA) is 36.6 Å². The van der Waals surface area contributed by atoms with E-state index in [0.717, 1.165) is 45.6 Å². The molecular formula is C35H32ClN3O. The van der Waals surface area contributed by atoms with Gasteiger partial charge >= 0.3 is 0 Å². The number of rotatable bonds is 6. The number of hydrogen-bond acceptors (Lipinski definition) is 2. The van der Waals surface area contributed by atoms with E-state index in [4.69, 9.17) is 9.73 Å². The minimum Gasteiger partial charge on any atom is -1.00 e. The monoisotopic (exact) mass is 545 g/mol. The molecule has 0 fully saturated rings. The van der Waals surface area contributed by atoms with Gasteiger partial charge in [-0.05, 0) is 86.6 Å². The number of halogens is 1. The number of ether oxygens (including phenoxy) is 1. The second-order valence-electron chi connectivity index (χ2n) is 9.38. The third kappa shape index (κ3) is 6.85. The van der Waals surface area contributed by atoms with E-state index < -0.39 is 0 Å². The molecule has 4 nitrogen and oxygen atoms in total. The first-order valence-corrected chi connectivity index (χ1v) is 13.0. The molecule has 5 aromatic carbocycles. The summed E-state index contributed by atoms with van der Waals surface area (Å²) in [7, 11) is 1.68. The lowest BCUT2D eigenvalue weighted by Crippen LogP contribution is -3.00. The van der Waals surface area contributed by atoms with Gasteiger partial charge in [0.25, 0.3) is 5.84 Å². The van der Waals surface area contributed by atoms with Crippen LogP contribution in [0.3, 0.4) is 0 Å². The van der Waals surface area contributed by atoms with Gasteiger partial charge in [-0.15, -0.1) is 4.99 Å². The standard InChI is InChI=1S/C35H31N3O.ClH/c1-26-14-18-30(19-15-26)36-34(28-10-6-4-7-11-28)38(32-22-16-27(2)17-23-32)35(29-12-8-5-9-13-29)37-31-20-24-33(39-3)25-21-31;/h4-25H,1-3H3;1H. The summed E-state index contributed by atoms with van der Waals surface area (Å²) in [6.07, 6.45) is 0. The number of methoxy groups -OCH3 is 1. The molecule has 0 bridgehead atoms. The smallest absolute Gasteiger partial charge is 0.275 e. The Balaban J connectivity index is 0.00000370. The largest absolute Gasteiger partial charge is 1.00 e. The highest BCUT2D eigenvalue weighted by Crippen LogP contribution is 2.24. The maximum Gasteiger partial charge on any atom is 0.275 e. The van der Waals surface area contributed by atoms with Crippen molar-refractivity contribution in [2.24, 2.45) is 4.99 Å². The number of anilines is 1. The predicted molar refractivity (Wildman–Crippen MR) is 162 cm³/mol. The Morgan fingerprint density at radius 2 is 1.15 bits per heavy atom. The summed E-state index contributed by atoms with van der Waals surface area (Å²) in [6.45, 7) is 4.19. The second-order valence-corrected chi connectivity index (χ2v) is 9.38. The molecule has 200 valence electrons. The van der Waals surface area contributed by atoms with Gasteiger partial charge in [-0.3, -0.25) is 5.32 Å². The molecule has 0 aromatic heterocycles. The van der Waals surface area contributed by atoms with Crippen LogP contribution in [0.15, 0.2) is 138 Å². The fourth-order valence-corrected chi connectivity index (χ4v) is 4.29. The lowest BCUT2D eigenvalue weighted by atomic mass is 10.1. The zero-order chi connectivity index (χ0) is 27.0. The molecule has 0 radical (unpaired) electrons.